The summed E-state index contributed by atoms with van der Waals surface area (Å²) in [4.78, 5) is 35.4. The van der Waals surface area contributed by atoms with Gasteiger partial charge in [0.25, 0.3) is 0 Å². The summed E-state index contributed by atoms with van der Waals surface area (Å²) in [6, 6.07) is 0. The molecular weight excluding hydrogens is 790 g/mol. The molecule has 1 rings (SSSR count). The third-order valence-electron chi connectivity index (χ3n) is 10.1. The Morgan fingerprint density at radius 1 is 0.607 bits per heavy atom. The fraction of sp³-hybridized carbons (Fsp3) is 0.720. The van der Waals surface area contributed by atoms with E-state index in [0.29, 0.717) is 36.1 Å². The molecule has 1 aliphatic heterocycles. The first kappa shape index (κ1) is 56.4. The lowest BCUT2D eigenvalue weighted by Gasteiger charge is -2.24. The van der Waals surface area contributed by atoms with Crippen LogP contribution in [0.1, 0.15) is 168 Å². The molecule has 0 spiro atoms. The van der Waals surface area contributed by atoms with Crippen LogP contribution in [0.4, 0.5) is 0 Å². The normalized spacial score (nSPS) is 17.5. The summed E-state index contributed by atoms with van der Waals surface area (Å²) >= 11 is 0. The van der Waals surface area contributed by atoms with Crippen molar-refractivity contribution < 1.29 is 46.8 Å². The molecule has 0 aliphatic carbocycles. The van der Waals surface area contributed by atoms with Gasteiger partial charge in [-0.25, -0.2) is 4.57 Å². The minimum atomic E-state index is -4.40. The predicted molar refractivity (Wildman–Crippen MR) is 251 cm³/mol. The van der Waals surface area contributed by atoms with Crippen molar-refractivity contribution in [3.8, 4) is 0 Å². The Hall–Kier alpha value is -2.59. The number of allylic oxidation sites excluding steroid dienone is 10. The topological polar surface area (TPSA) is 121 Å². The molecule has 4 atom stereocenters. The number of nitrogens with zero attached hydrogens (tertiary/aromatic N) is 1. The zero-order valence-corrected chi connectivity index (χ0v) is 40.0. The maximum atomic E-state index is 12.7. The number of ether oxygens (including phenoxy) is 3. The number of epoxide rings is 1. The SMILES string of the molecule is CC/C=C\CC1OC1C/C=C\C/C=C\C/C=C\C/C=C\CCC(=O)OC[C@H](COP(=O)(O)OCC[N+](C)(C)C)OC(=O)CCCCCCCCC/C=C\CCCCCCCC. The fourth-order valence-electron chi connectivity index (χ4n) is 6.31. The van der Waals surface area contributed by atoms with E-state index in [1.807, 2.05) is 33.3 Å². The van der Waals surface area contributed by atoms with Crippen molar-refractivity contribution in [2.75, 3.05) is 47.5 Å². The Kier molecular flexibility index (Phi) is 35.1. The van der Waals surface area contributed by atoms with E-state index in [4.69, 9.17) is 23.3 Å². The number of carbonyl (C=O) groups is 2. The van der Waals surface area contributed by atoms with Gasteiger partial charge in [-0.2, -0.15) is 0 Å². The minimum Gasteiger partial charge on any atom is -0.462 e. The number of rotatable bonds is 41. The van der Waals surface area contributed by atoms with E-state index in [1.54, 1.807) is 0 Å². The number of hydrogen-bond donors (Lipinski definition) is 1. The number of esters is 2. The molecule has 1 heterocycles. The fourth-order valence-corrected chi connectivity index (χ4v) is 7.05. The van der Waals surface area contributed by atoms with E-state index in [0.717, 1.165) is 64.2 Å². The zero-order valence-electron chi connectivity index (χ0n) is 39.1. The Labute approximate surface area is 372 Å². The van der Waals surface area contributed by atoms with Crippen LogP contribution in [0.25, 0.3) is 0 Å². The molecule has 0 saturated carbocycles. The Bertz CT molecular complexity index is 1330. The summed E-state index contributed by atoms with van der Waals surface area (Å²) in [6.07, 6.45) is 50.0. The molecule has 1 N–H and O–H groups in total. The quantitative estimate of drug-likeness (QED) is 0.0160. The van der Waals surface area contributed by atoms with Gasteiger partial charge < -0.3 is 23.6 Å². The van der Waals surface area contributed by atoms with Gasteiger partial charge in [-0.3, -0.25) is 18.6 Å². The van der Waals surface area contributed by atoms with Gasteiger partial charge in [-0.1, -0.05) is 151 Å². The number of phosphoric acid groups is 1. The Balaban J connectivity index is 2.30. The average molecular weight is 877 g/mol. The first-order chi connectivity index (χ1) is 29.5. The van der Waals surface area contributed by atoms with Gasteiger partial charge in [0.2, 0.25) is 0 Å². The third kappa shape index (κ3) is 38.8. The van der Waals surface area contributed by atoms with Gasteiger partial charge >= 0.3 is 19.8 Å². The van der Waals surface area contributed by atoms with Crippen molar-refractivity contribution in [3.05, 3.63) is 72.9 Å². The van der Waals surface area contributed by atoms with E-state index in [9.17, 15) is 19.0 Å². The molecule has 0 aromatic carbocycles. The lowest BCUT2D eigenvalue weighted by molar-refractivity contribution is -0.870. The number of hydrogen-bond acceptors (Lipinski definition) is 8. The van der Waals surface area contributed by atoms with E-state index in [1.165, 1.54) is 64.2 Å². The van der Waals surface area contributed by atoms with Gasteiger partial charge in [0.15, 0.2) is 6.10 Å². The first-order valence-corrected chi connectivity index (χ1v) is 25.3. The first-order valence-electron chi connectivity index (χ1n) is 23.8. The molecular formula is C50H87NO9P+. The van der Waals surface area contributed by atoms with Crippen LogP contribution < -0.4 is 0 Å². The number of likely N-dealkylation sites (N-methyl/N-ethyl adjacent to an activating group) is 1. The smallest absolute Gasteiger partial charge is 0.462 e. The van der Waals surface area contributed by atoms with Crippen LogP contribution in [0.3, 0.4) is 0 Å². The van der Waals surface area contributed by atoms with Crippen LogP contribution in [-0.4, -0.2) is 87.1 Å². The summed E-state index contributed by atoms with van der Waals surface area (Å²) in [6.45, 7) is 4.20. The van der Waals surface area contributed by atoms with Crippen molar-refractivity contribution in [1.82, 2.24) is 0 Å². The van der Waals surface area contributed by atoms with Gasteiger partial charge in [-0.15, -0.1) is 0 Å². The van der Waals surface area contributed by atoms with Gasteiger partial charge in [0.1, 0.15) is 19.8 Å². The number of unbranched alkanes of at least 4 members (excludes halogenated alkanes) is 13. The predicted octanol–water partition coefficient (Wildman–Crippen LogP) is 12.8. The Morgan fingerprint density at radius 3 is 1.69 bits per heavy atom. The standard InChI is InChI=1S/C50H86NO9P/c1-6-8-10-11-12-13-14-15-16-17-18-19-24-27-30-33-37-41-50(53)59-46(45-58-61(54,55)57-43-42-51(3,4)5)44-56-49(52)40-36-32-29-26-23-21-20-22-25-28-31-35-39-48-47(60-48)38-34-9-7-2/h9,15-16,21-23,25,29,31-32,34-35,46-48H,6-8,10-14,17-20,24,26-28,30,33,36-45H2,1-5H3/p+1/b16-15-,23-21-,25-22-,32-29-,34-9-,35-31-/t46-,47?,48?/m1/s1. The molecule has 0 bridgehead atoms. The molecule has 3 unspecified atom stereocenters. The second-order valence-corrected chi connectivity index (χ2v) is 18.6. The largest absolute Gasteiger partial charge is 0.472 e. The van der Waals surface area contributed by atoms with Crippen molar-refractivity contribution >= 4 is 19.8 Å². The Morgan fingerprint density at radius 2 is 1.11 bits per heavy atom. The van der Waals surface area contributed by atoms with Crippen LogP contribution >= 0.6 is 7.82 Å². The maximum Gasteiger partial charge on any atom is 0.472 e. The molecule has 1 fully saturated rings. The highest BCUT2D eigenvalue weighted by Crippen LogP contribution is 2.43. The van der Waals surface area contributed by atoms with Gasteiger partial charge in [0, 0.05) is 12.8 Å². The molecule has 0 aromatic rings. The average Bonchev–Trinajstić information content (AvgIpc) is 3.97. The molecule has 10 nitrogen and oxygen atoms in total. The number of carbonyl (C=O) groups excluding carboxylic acids is 2. The van der Waals surface area contributed by atoms with E-state index in [-0.39, 0.29) is 26.1 Å². The van der Waals surface area contributed by atoms with Crippen molar-refractivity contribution in [1.29, 1.82) is 0 Å². The van der Waals surface area contributed by atoms with Gasteiger partial charge in [0.05, 0.1) is 40.0 Å². The minimum absolute atomic E-state index is 0.0146. The van der Waals surface area contributed by atoms with Crippen molar-refractivity contribution in [3.63, 3.8) is 0 Å². The summed E-state index contributed by atoms with van der Waals surface area (Å²) in [5.74, 6) is -0.910. The molecule has 11 heteroatoms. The van der Waals surface area contributed by atoms with Crippen LogP contribution in [0.15, 0.2) is 72.9 Å². The molecule has 61 heavy (non-hydrogen) atoms. The lowest BCUT2D eigenvalue weighted by atomic mass is 10.1. The molecule has 1 aliphatic rings. The number of quaternary nitrogens is 1. The van der Waals surface area contributed by atoms with Crippen LogP contribution in [-0.2, 0) is 37.4 Å². The van der Waals surface area contributed by atoms with Crippen LogP contribution in [0.5, 0.6) is 0 Å². The second-order valence-electron chi connectivity index (χ2n) is 17.1. The van der Waals surface area contributed by atoms with E-state index in [2.05, 4.69) is 74.6 Å². The highest BCUT2D eigenvalue weighted by atomic mass is 31.2. The summed E-state index contributed by atoms with van der Waals surface area (Å²) in [7, 11) is 1.42. The monoisotopic (exact) mass is 877 g/mol. The highest BCUT2D eigenvalue weighted by Gasteiger charge is 2.36. The van der Waals surface area contributed by atoms with E-state index >= 15 is 0 Å². The van der Waals surface area contributed by atoms with Crippen molar-refractivity contribution in [2.24, 2.45) is 0 Å². The van der Waals surface area contributed by atoms with E-state index < -0.39 is 32.5 Å². The summed E-state index contributed by atoms with van der Waals surface area (Å²) in [5, 5.41) is 0. The number of phosphoric ester groups is 1. The molecule has 350 valence electrons. The lowest BCUT2D eigenvalue weighted by Crippen LogP contribution is -2.37. The summed E-state index contributed by atoms with van der Waals surface area (Å²) < 4.78 is 40.0. The highest BCUT2D eigenvalue weighted by molar-refractivity contribution is 7.47. The third-order valence-corrected chi connectivity index (χ3v) is 11.1. The molecule has 0 aromatic heterocycles. The van der Waals surface area contributed by atoms with Crippen LogP contribution in [0, 0.1) is 0 Å². The zero-order chi connectivity index (χ0) is 44.7. The van der Waals surface area contributed by atoms with Gasteiger partial charge in [-0.05, 0) is 77.0 Å². The van der Waals surface area contributed by atoms with Crippen LogP contribution in [0.2, 0.25) is 0 Å². The molecule has 0 radical (unpaired) electrons. The maximum absolute atomic E-state index is 12.7. The van der Waals surface area contributed by atoms with Crippen molar-refractivity contribution in [2.45, 2.75) is 186 Å². The second kappa shape index (κ2) is 37.9. The summed E-state index contributed by atoms with van der Waals surface area (Å²) in [5.41, 5.74) is 0. The molecule has 0 amide bonds. The molecule has 1 saturated heterocycles.